The predicted molar refractivity (Wildman–Crippen MR) is 123 cm³/mol. The maximum Gasteiger partial charge on any atom is 0.166 e. The third kappa shape index (κ3) is 10.5. The van der Waals surface area contributed by atoms with Crippen molar-refractivity contribution in [2.75, 3.05) is 24.6 Å². The Bertz CT molecular complexity index is 613. The molecule has 0 amide bonds. The summed E-state index contributed by atoms with van der Waals surface area (Å²) in [7, 11) is 0. The van der Waals surface area contributed by atoms with E-state index in [2.05, 4.69) is 31.7 Å². The van der Waals surface area contributed by atoms with Gasteiger partial charge in [0.1, 0.15) is 0 Å². The quantitative estimate of drug-likeness (QED) is 0.375. The molecule has 10 heteroatoms. The SMILES string of the molecule is Cc1nc[nH]c1CSCCNC(=S)NCCSCc1ccccn1.Cl.Cl. The summed E-state index contributed by atoms with van der Waals surface area (Å²) >= 11 is 9.00. The molecule has 0 aliphatic carbocycles. The zero-order valence-electron chi connectivity index (χ0n) is 14.6. The number of hydrogen-bond donors (Lipinski definition) is 3. The lowest BCUT2D eigenvalue weighted by Crippen LogP contribution is -2.37. The standard InChI is InChI=1S/C16H23N5S3.2ClH/c1-13-15(21-12-20-13)11-24-9-7-19-16(22)18-6-8-23-10-14-4-2-3-5-17-14;;/h2-5,12H,6-11H2,1H3,(H,20,21)(H2,18,19,22);2*1H. The first-order chi connectivity index (χ1) is 11.8. The summed E-state index contributed by atoms with van der Waals surface area (Å²) < 4.78 is 0. The van der Waals surface area contributed by atoms with Crippen LogP contribution in [0.3, 0.4) is 0 Å². The van der Waals surface area contributed by atoms with Gasteiger partial charge >= 0.3 is 0 Å². The Morgan fingerprint density at radius 3 is 2.35 bits per heavy atom. The normalized spacial score (nSPS) is 9.73. The maximum atomic E-state index is 5.28. The second-order valence-electron chi connectivity index (χ2n) is 5.08. The highest BCUT2D eigenvalue weighted by atomic mass is 35.5. The van der Waals surface area contributed by atoms with E-state index in [0.29, 0.717) is 0 Å². The molecule has 2 aromatic rings. The molecule has 0 aromatic carbocycles. The van der Waals surface area contributed by atoms with Crippen LogP contribution < -0.4 is 10.6 Å². The molecule has 0 saturated carbocycles. The number of nitrogens with one attached hydrogen (secondary N) is 3. The Morgan fingerprint density at radius 1 is 1.08 bits per heavy atom. The summed E-state index contributed by atoms with van der Waals surface area (Å²) in [5.74, 6) is 3.91. The second-order valence-corrected chi connectivity index (χ2v) is 7.69. The number of aromatic amines is 1. The molecule has 5 nitrogen and oxygen atoms in total. The summed E-state index contributed by atoms with van der Waals surface area (Å²) in [4.78, 5) is 11.7. The van der Waals surface area contributed by atoms with Crippen LogP contribution in [0.25, 0.3) is 0 Å². The highest BCUT2D eigenvalue weighted by Gasteiger charge is 2.01. The molecule has 0 fully saturated rings. The zero-order valence-corrected chi connectivity index (χ0v) is 18.6. The molecule has 0 saturated heterocycles. The number of H-pyrrole nitrogens is 1. The number of imidazole rings is 1. The predicted octanol–water partition coefficient (Wildman–Crippen LogP) is 3.59. The van der Waals surface area contributed by atoms with Gasteiger partial charge in [0.2, 0.25) is 0 Å². The van der Waals surface area contributed by atoms with Gasteiger partial charge in [-0.15, -0.1) is 24.8 Å². The number of hydrogen-bond acceptors (Lipinski definition) is 5. The molecular weight excluding hydrogens is 429 g/mol. The number of halogens is 2. The van der Waals surface area contributed by atoms with Crippen LogP contribution in [0, 0.1) is 6.92 Å². The molecule has 0 radical (unpaired) electrons. The van der Waals surface area contributed by atoms with E-state index in [0.717, 1.165) is 52.6 Å². The van der Waals surface area contributed by atoms with Crippen molar-refractivity contribution in [3.63, 3.8) is 0 Å². The molecule has 0 spiro atoms. The van der Waals surface area contributed by atoms with Crippen LogP contribution in [0.2, 0.25) is 0 Å². The molecule has 146 valence electrons. The van der Waals surface area contributed by atoms with Gasteiger partial charge in [-0.1, -0.05) is 6.07 Å². The lowest BCUT2D eigenvalue weighted by atomic mass is 10.4. The van der Waals surface area contributed by atoms with Gasteiger partial charge in [-0.05, 0) is 31.3 Å². The number of nitrogens with zero attached hydrogens (tertiary/aromatic N) is 2. The molecule has 2 rings (SSSR count). The minimum atomic E-state index is 0. The fraction of sp³-hybridized carbons (Fsp3) is 0.438. The number of rotatable bonds is 10. The van der Waals surface area contributed by atoms with Crippen molar-refractivity contribution in [1.29, 1.82) is 0 Å². The molecule has 0 unspecified atom stereocenters. The number of thiocarbonyl (C=S) groups is 1. The average molecular weight is 455 g/mol. The van der Waals surface area contributed by atoms with Gasteiger partial charge in [-0.3, -0.25) is 4.98 Å². The van der Waals surface area contributed by atoms with Gasteiger partial charge in [0.25, 0.3) is 0 Å². The van der Waals surface area contributed by atoms with Crippen LogP contribution >= 0.6 is 60.6 Å². The topological polar surface area (TPSA) is 65.6 Å². The van der Waals surface area contributed by atoms with E-state index >= 15 is 0 Å². The summed E-state index contributed by atoms with van der Waals surface area (Å²) in [5.41, 5.74) is 3.40. The smallest absolute Gasteiger partial charge is 0.166 e. The minimum absolute atomic E-state index is 0. The van der Waals surface area contributed by atoms with Crippen molar-refractivity contribution in [3.05, 3.63) is 47.8 Å². The molecule has 0 bridgehead atoms. The lowest BCUT2D eigenvalue weighted by Gasteiger charge is -2.10. The zero-order chi connectivity index (χ0) is 17.0. The van der Waals surface area contributed by atoms with Gasteiger partial charge in [0.15, 0.2) is 5.11 Å². The molecule has 2 heterocycles. The summed E-state index contributed by atoms with van der Waals surface area (Å²) in [5, 5.41) is 7.20. The summed E-state index contributed by atoms with van der Waals surface area (Å²) in [6.07, 6.45) is 3.58. The van der Waals surface area contributed by atoms with E-state index in [1.54, 1.807) is 6.33 Å². The Labute approximate surface area is 181 Å². The molecule has 0 atom stereocenters. The van der Waals surface area contributed by atoms with Gasteiger partial charge in [-0.25, -0.2) is 4.98 Å². The van der Waals surface area contributed by atoms with E-state index in [-0.39, 0.29) is 24.8 Å². The van der Waals surface area contributed by atoms with Crippen LogP contribution in [0.1, 0.15) is 17.1 Å². The molecule has 3 N–H and O–H groups in total. The van der Waals surface area contributed by atoms with Crippen LogP contribution in [0.5, 0.6) is 0 Å². The Morgan fingerprint density at radius 2 is 1.77 bits per heavy atom. The molecule has 0 aliphatic rings. The van der Waals surface area contributed by atoms with Crippen LogP contribution in [-0.2, 0) is 11.5 Å². The van der Waals surface area contributed by atoms with E-state index in [4.69, 9.17) is 12.2 Å². The van der Waals surface area contributed by atoms with Crippen molar-refractivity contribution in [3.8, 4) is 0 Å². The van der Waals surface area contributed by atoms with Gasteiger partial charge in [0, 0.05) is 48.0 Å². The van der Waals surface area contributed by atoms with Crippen molar-refractivity contribution < 1.29 is 0 Å². The Balaban J connectivity index is 0.00000312. The van der Waals surface area contributed by atoms with Crippen LogP contribution in [-0.4, -0.2) is 44.7 Å². The maximum absolute atomic E-state index is 5.28. The first-order valence-corrected chi connectivity index (χ1v) is 10.5. The first-order valence-electron chi connectivity index (χ1n) is 7.81. The fourth-order valence-electron chi connectivity index (χ4n) is 1.91. The Kier molecular flexibility index (Phi) is 15.0. The molecular formula is C16H25Cl2N5S3. The van der Waals surface area contributed by atoms with Crippen LogP contribution in [0.4, 0.5) is 0 Å². The molecule has 0 aliphatic heterocycles. The molecule has 2 aromatic heterocycles. The Hall–Kier alpha value is -0.670. The average Bonchev–Trinajstić information content (AvgIpc) is 3.00. The number of aromatic nitrogens is 3. The van der Waals surface area contributed by atoms with Crippen molar-refractivity contribution in [2.45, 2.75) is 18.4 Å². The number of pyridine rings is 1. The largest absolute Gasteiger partial charge is 0.362 e. The lowest BCUT2D eigenvalue weighted by molar-refractivity contribution is 0.891. The van der Waals surface area contributed by atoms with Gasteiger partial charge in [-0.2, -0.15) is 23.5 Å². The second kappa shape index (κ2) is 15.4. The van der Waals surface area contributed by atoms with Crippen molar-refractivity contribution >= 4 is 65.7 Å². The van der Waals surface area contributed by atoms with Gasteiger partial charge in [0.05, 0.1) is 17.7 Å². The van der Waals surface area contributed by atoms with Crippen LogP contribution in [0.15, 0.2) is 30.7 Å². The first kappa shape index (κ1) is 25.3. The molecule has 26 heavy (non-hydrogen) atoms. The van der Waals surface area contributed by atoms with E-state index in [1.165, 1.54) is 5.69 Å². The third-order valence-electron chi connectivity index (χ3n) is 3.22. The van der Waals surface area contributed by atoms with E-state index in [9.17, 15) is 0 Å². The summed E-state index contributed by atoms with van der Waals surface area (Å²) in [6.45, 7) is 3.75. The monoisotopic (exact) mass is 453 g/mol. The van der Waals surface area contributed by atoms with Gasteiger partial charge < -0.3 is 15.6 Å². The summed E-state index contributed by atoms with van der Waals surface area (Å²) in [6, 6.07) is 6.01. The number of aryl methyl sites for hydroxylation is 1. The fourth-order valence-corrected chi connectivity index (χ4v) is 3.77. The van der Waals surface area contributed by atoms with E-state index < -0.39 is 0 Å². The number of thioether (sulfide) groups is 2. The van der Waals surface area contributed by atoms with Crippen molar-refractivity contribution in [2.24, 2.45) is 0 Å². The highest BCUT2D eigenvalue weighted by molar-refractivity contribution is 7.98. The van der Waals surface area contributed by atoms with Crippen molar-refractivity contribution in [1.82, 2.24) is 25.6 Å². The van der Waals surface area contributed by atoms with E-state index in [1.807, 2.05) is 48.8 Å². The third-order valence-corrected chi connectivity index (χ3v) is 5.49. The highest BCUT2D eigenvalue weighted by Crippen LogP contribution is 2.11. The minimum Gasteiger partial charge on any atom is -0.362 e.